The number of nitrogens with zero attached hydrogens (tertiary/aromatic N) is 4. The molecule has 34 heavy (non-hydrogen) atoms. The van der Waals surface area contributed by atoms with Gasteiger partial charge in [0.1, 0.15) is 0 Å². The van der Waals surface area contributed by atoms with Gasteiger partial charge in [0.15, 0.2) is 0 Å². The third-order valence-corrected chi connectivity index (χ3v) is 5.60. The highest BCUT2D eigenvalue weighted by atomic mass is 35.5. The van der Waals surface area contributed by atoms with E-state index in [9.17, 15) is 22.8 Å². The van der Waals surface area contributed by atoms with Crippen LogP contribution < -0.4 is 10.6 Å². The van der Waals surface area contributed by atoms with Gasteiger partial charge in [-0.25, -0.2) is 4.79 Å². The summed E-state index contributed by atoms with van der Waals surface area (Å²) in [6, 6.07) is 6.83. The zero-order valence-electron chi connectivity index (χ0n) is 17.6. The third kappa shape index (κ3) is 5.28. The highest BCUT2D eigenvalue weighted by molar-refractivity contribution is 6.31. The van der Waals surface area contributed by atoms with Crippen LogP contribution in [0.5, 0.6) is 0 Å². The van der Waals surface area contributed by atoms with Crippen molar-refractivity contribution in [1.29, 1.82) is 0 Å². The largest absolute Gasteiger partial charge is 0.417 e. The fourth-order valence-corrected chi connectivity index (χ4v) is 3.86. The van der Waals surface area contributed by atoms with Gasteiger partial charge in [0.2, 0.25) is 5.82 Å². The van der Waals surface area contributed by atoms with E-state index in [-0.39, 0.29) is 23.1 Å². The van der Waals surface area contributed by atoms with E-state index in [1.54, 1.807) is 17.0 Å². The van der Waals surface area contributed by atoms with Crippen LogP contribution in [0.15, 0.2) is 36.4 Å². The molecule has 0 spiro atoms. The highest BCUT2D eigenvalue weighted by Crippen LogP contribution is 2.36. The highest BCUT2D eigenvalue weighted by Gasteiger charge is 2.33. The molecule has 0 atom stereocenters. The number of hydrogen-bond donors (Lipinski definition) is 3. The van der Waals surface area contributed by atoms with Crippen LogP contribution in [0.3, 0.4) is 0 Å². The molecule has 1 aliphatic heterocycles. The van der Waals surface area contributed by atoms with Crippen molar-refractivity contribution < 1.29 is 22.8 Å². The first-order valence-electron chi connectivity index (χ1n) is 10.3. The third-order valence-electron chi connectivity index (χ3n) is 5.27. The Morgan fingerprint density at radius 3 is 2.47 bits per heavy atom. The van der Waals surface area contributed by atoms with Gasteiger partial charge in [-0.1, -0.05) is 11.6 Å². The summed E-state index contributed by atoms with van der Waals surface area (Å²) in [5, 5.41) is 18.1. The Bertz CT molecular complexity index is 1200. The minimum atomic E-state index is -4.67. The molecular weight excluding hydrogens is 475 g/mol. The van der Waals surface area contributed by atoms with Gasteiger partial charge in [-0.15, -0.1) is 10.2 Å². The van der Waals surface area contributed by atoms with E-state index in [1.807, 2.05) is 0 Å². The number of likely N-dealkylation sites (tertiary alicyclic amines) is 1. The minimum absolute atomic E-state index is 0.104. The normalized spacial score (nSPS) is 14.1. The van der Waals surface area contributed by atoms with Crippen LogP contribution in [-0.2, 0) is 6.18 Å². The maximum Gasteiger partial charge on any atom is 0.417 e. The summed E-state index contributed by atoms with van der Waals surface area (Å²) in [6.07, 6.45) is -1.73. The van der Waals surface area contributed by atoms with Crippen molar-refractivity contribution in [1.82, 2.24) is 25.5 Å². The number of hydrogen-bond acceptors (Lipinski definition) is 5. The van der Waals surface area contributed by atoms with Crippen LogP contribution in [0, 0.1) is 0 Å². The second-order valence-electron chi connectivity index (χ2n) is 7.62. The zero-order valence-corrected chi connectivity index (χ0v) is 18.4. The lowest BCUT2D eigenvalue weighted by molar-refractivity contribution is -0.137. The van der Waals surface area contributed by atoms with Crippen molar-refractivity contribution in [2.45, 2.75) is 25.4 Å². The second-order valence-corrected chi connectivity index (χ2v) is 8.03. The van der Waals surface area contributed by atoms with E-state index in [4.69, 9.17) is 11.6 Å². The number of benzene rings is 2. The van der Waals surface area contributed by atoms with Crippen LogP contribution in [-0.4, -0.2) is 50.6 Å². The molecule has 3 amide bonds. The topological polar surface area (TPSA) is 116 Å². The van der Waals surface area contributed by atoms with E-state index in [0.717, 1.165) is 31.4 Å². The SMILES string of the molecule is O=C(Nc1ccc(Cl)c(C(F)(F)F)c1)Nc1ccc(C(=O)N2CCCCC2)cc1-c1nn[nH]n1. The number of carbonyl (C=O) groups excluding carboxylic acids is 2. The fraction of sp³-hybridized carbons (Fsp3) is 0.286. The number of urea groups is 1. The van der Waals surface area contributed by atoms with E-state index >= 15 is 0 Å². The Morgan fingerprint density at radius 1 is 1.03 bits per heavy atom. The van der Waals surface area contributed by atoms with Crippen LogP contribution in [0.4, 0.5) is 29.3 Å². The van der Waals surface area contributed by atoms with Gasteiger partial charge in [0, 0.05) is 29.9 Å². The number of amides is 3. The molecule has 1 saturated heterocycles. The van der Waals surface area contributed by atoms with Crippen molar-refractivity contribution in [3.63, 3.8) is 0 Å². The Kier molecular flexibility index (Phi) is 6.68. The molecule has 3 N–H and O–H groups in total. The lowest BCUT2D eigenvalue weighted by atomic mass is 10.0. The molecule has 0 bridgehead atoms. The van der Waals surface area contributed by atoms with Gasteiger partial charge in [0.05, 0.1) is 16.3 Å². The maximum absolute atomic E-state index is 13.1. The number of aromatic nitrogens is 4. The van der Waals surface area contributed by atoms with Crippen molar-refractivity contribution >= 4 is 34.9 Å². The molecule has 2 heterocycles. The van der Waals surface area contributed by atoms with Gasteiger partial charge in [-0.3, -0.25) is 4.79 Å². The number of carbonyl (C=O) groups is 2. The lowest BCUT2D eigenvalue weighted by Crippen LogP contribution is -2.35. The summed E-state index contributed by atoms with van der Waals surface area (Å²) in [7, 11) is 0. The molecule has 1 aliphatic rings. The molecule has 178 valence electrons. The number of anilines is 2. The predicted octanol–water partition coefficient (Wildman–Crippen LogP) is 4.81. The predicted molar refractivity (Wildman–Crippen MR) is 118 cm³/mol. The molecule has 13 heteroatoms. The number of piperidine rings is 1. The molecule has 2 aromatic carbocycles. The maximum atomic E-state index is 13.1. The molecule has 1 aromatic heterocycles. The molecule has 0 aliphatic carbocycles. The summed E-state index contributed by atoms with van der Waals surface area (Å²) in [5.74, 6) is -0.0178. The number of alkyl halides is 3. The van der Waals surface area contributed by atoms with Crippen LogP contribution in [0.2, 0.25) is 5.02 Å². The van der Waals surface area contributed by atoms with Gasteiger partial charge >= 0.3 is 12.2 Å². The summed E-state index contributed by atoms with van der Waals surface area (Å²) in [4.78, 5) is 27.2. The molecule has 1 fully saturated rings. The number of rotatable bonds is 4. The Labute approximate surface area is 196 Å². The Hall–Kier alpha value is -3.67. The first-order chi connectivity index (χ1) is 16.2. The van der Waals surface area contributed by atoms with Crippen molar-refractivity contribution in [2.75, 3.05) is 23.7 Å². The van der Waals surface area contributed by atoms with Gasteiger partial charge in [0.25, 0.3) is 5.91 Å². The van der Waals surface area contributed by atoms with Gasteiger partial charge in [-0.05, 0) is 60.9 Å². The monoisotopic (exact) mass is 493 g/mol. The average molecular weight is 494 g/mol. The summed E-state index contributed by atoms with van der Waals surface area (Å²) in [5.41, 5.74) is -0.231. The summed E-state index contributed by atoms with van der Waals surface area (Å²) in [6.45, 7) is 1.33. The van der Waals surface area contributed by atoms with E-state index in [2.05, 4.69) is 31.3 Å². The second kappa shape index (κ2) is 9.67. The Balaban J connectivity index is 1.57. The standard InChI is InChI=1S/C21H19ClF3N7O2/c22-16-6-5-13(11-15(16)21(23,24)25)26-20(34)27-17-7-4-12(10-14(17)18-28-30-31-29-18)19(33)32-8-2-1-3-9-32/h4-7,10-11H,1-3,8-9H2,(H2,26,27,34)(H,28,29,30,31). The summed E-state index contributed by atoms with van der Waals surface area (Å²) < 4.78 is 39.3. The minimum Gasteiger partial charge on any atom is -0.339 e. The number of H-pyrrole nitrogens is 1. The molecule has 0 saturated carbocycles. The van der Waals surface area contributed by atoms with Crippen LogP contribution in [0.1, 0.15) is 35.2 Å². The van der Waals surface area contributed by atoms with E-state index in [0.29, 0.717) is 24.2 Å². The van der Waals surface area contributed by atoms with Crippen molar-refractivity contribution in [3.05, 3.63) is 52.5 Å². The van der Waals surface area contributed by atoms with E-state index < -0.39 is 22.8 Å². The Morgan fingerprint density at radius 2 is 1.79 bits per heavy atom. The number of aromatic amines is 1. The lowest BCUT2D eigenvalue weighted by Gasteiger charge is -2.27. The first-order valence-corrected chi connectivity index (χ1v) is 10.7. The molecule has 0 radical (unpaired) electrons. The average Bonchev–Trinajstić information content (AvgIpc) is 3.35. The number of tetrazole rings is 1. The van der Waals surface area contributed by atoms with E-state index in [1.165, 1.54) is 12.1 Å². The van der Waals surface area contributed by atoms with Crippen molar-refractivity contribution in [3.8, 4) is 11.4 Å². The quantitative estimate of drug-likeness (QED) is 0.482. The molecule has 9 nitrogen and oxygen atoms in total. The van der Waals surface area contributed by atoms with Crippen LogP contribution in [0.25, 0.3) is 11.4 Å². The number of nitrogens with one attached hydrogen (secondary N) is 3. The zero-order chi connectivity index (χ0) is 24.3. The molecule has 4 rings (SSSR count). The van der Waals surface area contributed by atoms with Gasteiger partial charge < -0.3 is 15.5 Å². The molecular formula is C21H19ClF3N7O2. The smallest absolute Gasteiger partial charge is 0.339 e. The fourth-order valence-electron chi connectivity index (χ4n) is 3.63. The van der Waals surface area contributed by atoms with Crippen LogP contribution >= 0.6 is 11.6 Å². The number of halogens is 4. The first kappa shape index (κ1) is 23.5. The van der Waals surface area contributed by atoms with Crippen molar-refractivity contribution in [2.24, 2.45) is 0 Å². The summed E-state index contributed by atoms with van der Waals surface area (Å²) >= 11 is 5.62. The molecule has 0 unspecified atom stereocenters. The van der Waals surface area contributed by atoms with Gasteiger partial charge in [-0.2, -0.15) is 18.4 Å². The molecule has 3 aromatic rings.